The van der Waals surface area contributed by atoms with Gasteiger partial charge in [0.25, 0.3) is 0 Å². The van der Waals surface area contributed by atoms with Crippen LogP contribution in [0.2, 0.25) is 0 Å². The van der Waals surface area contributed by atoms with Gasteiger partial charge >= 0.3 is 11.9 Å². The standard InChI is InChI=1S/C32H53NO10/c1-12-13-24-32(9,39)29(37)20(6)25(35)16(2)14-17(3)27(19(5)26(36)21(7)30(38)42-24)43-31-28(41-22(8)34)23(33(10)11)15-18(4)40-31/h16-21,23-24,27-28,31,39H,12-15H2,1-11H3/t16-,17+,18-,19+,20+,21-,23+,24-,27+,28-,31-,32-/m1/s1. The topological polar surface area (TPSA) is 146 Å². The predicted octanol–water partition coefficient (Wildman–Crippen LogP) is 3.12. The lowest BCUT2D eigenvalue weighted by atomic mass is 9.76. The quantitative estimate of drug-likeness (QED) is 0.349. The number of likely N-dealkylation sites (N-methyl/N-ethyl adjacent to an activating group) is 1. The summed E-state index contributed by atoms with van der Waals surface area (Å²) < 4.78 is 24.0. The molecule has 246 valence electrons. The van der Waals surface area contributed by atoms with Crippen LogP contribution in [-0.2, 0) is 42.9 Å². The van der Waals surface area contributed by atoms with Crippen molar-refractivity contribution >= 4 is 29.3 Å². The summed E-state index contributed by atoms with van der Waals surface area (Å²) in [6, 6.07) is -0.220. The van der Waals surface area contributed by atoms with Gasteiger partial charge in [0.05, 0.1) is 24.2 Å². The Morgan fingerprint density at radius 1 is 0.977 bits per heavy atom. The van der Waals surface area contributed by atoms with Crippen molar-refractivity contribution < 1.29 is 48.0 Å². The monoisotopic (exact) mass is 611 g/mol. The van der Waals surface area contributed by atoms with Crippen molar-refractivity contribution in [2.75, 3.05) is 14.1 Å². The molecular weight excluding hydrogens is 558 g/mol. The fourth-order valence-corrected chi connectivity index (χ4v) is 6.45. The van der Waals surface area contributed by atoms with E-state index < -0.39 is 83.3 Å². The highest BCUT2D eigenvalue weighted by Crippen LogP contribution is 2.35. The number of aliphatic hydroxyl groups is 1. The van der Waals surface area contributed by atoms with Crippen LogP contribution in [0.1, 0.15) is 88.0 Å². The first kappa shape index (κ1) is 37.0. The minimum Gasteiger partial charge on any atom is -0.458 e. The van der Waals surface area contributed by atoms with Crippen LogP contribution < -0.4 is 0 Å². The van der Waals surface area contributed by atoms with Crippen LogP contribution in [-0.4, -0.2) is 95.7 Å². The van der Waals surface area contributed by atoms with E-state index in [-0.39, 0.29) is 30.8 Å². The molecule has 0 aromatic heterocycles. The molecular formula is C32H53NO10. The van der Waals surface area contributed by atoms with Crippen LogP contribution in [0.4, 0.5) is 0 Å². The van der Waals surface area contributed by atoms with Crippen LogP contribution in [0.5, 0.6) is 0 Å². The summed E-state index contributed by atoms with van der Waals surface area (Å²) in [6.07, 6.45) is -2.61. The normalized spacial score (nSPS) is 40.6. The van der Waals surface area contributed by atoms with E-state index in [4.69, 9.17) is 18.9 Å². The van der Waals surface area contributed by atoms with E-state index >= 15 is 0 Å². The number of rotatable bonds is 6. The van der Waals surface area contributed by atoms with Gasteiger partial charge in [-0.1, -0.05) is 34.1 Å². The molecule has 0 saturated carbocycles. The Morgan fingerprint density at radius 3 is 2.12 bits per heavy atom. The Bertz CT molecular complexity index is 1030. The summed E-state index contributed by atoms with van der Waals surface area (Å²) in [4.78, 5) is 68.0. The summed E-state index contributed by atoms with van der Waals surface area (Å²) in [5.74, 6) is -7.17. The predicted molar refractivity (Wildman–Crippen MR) is 158 cm³/mol. The summed E-state index contributed by atoms with van der Waals surface area (Å²) in [7, 11) is 3.75. The molecule has 12 atom stereocenters. The number of hydrogen-bond donors (Lipinski definition) is 1. The van der Waals surface area contributed by atoms with Gasteiger partial charge in [0, 0.05) is 18.8 Å². The molecule has 1 N–H and O–H groups in total. The van der Waals surface area contributed by atoms with E-state index in [0.29, 0.717) is 12.8 Å². The fourth-order valence-electron chi connectivity index (χ4n) is 6.45. The Labute approximate surface area is 256 Å². The third-order valence-corrected chi connectivity index (χ3v) is 9.09. The third-order valence-electron chi connectivity index (χ3n) is 9.09. The second-order valence-corrected chi connectivity index (χ2v) is 13.1. The molecule has 0 unspecified atom stereocenters. The number of hydrogen-bond acceptors (Lipinski definition) is 11. The first-order valence-electron chi connectivity index (χ1n) is 15.5. The van der Waals surface area contributed by atoms with E-state index in [9.17, 15) is 29.1 Å². The van der Waals surface area contributed by atoms with Gasteiger partial charge < -0.3 is 29.0 Å². The zero-order valence-electron chi connectivity index (χ0n) is 27.7. The number of nitrogens with zero attached hydrogens (tertiary/aromatic N) is 1. The Hall–Kier alpha value is -2.21. The Kier molecular flexibility index (Phi) is 13.1. The molecule has 0 amide bonds. The smallest absolute Gasteiger partial charge is 0.316 e. The van der Waals surface area contributed by atoms with Crippen molar-refractivity contribution in [1.29, 1.82) is 0 Å². The van der Waals surface area contributed by atoms with Crippen LogP contribution in [0.25, 0.3) is 0 Å². The molecule has 2 aliphatic rings. The van der Waals surface area contributed by atoms with E-state index in [0.717, 1.165) is 0 Å². The van der Waals surface area contributed by atoms with Gasteiger partial charge in [-0.25, -0.2) is 0 Å². The number of carbonyl (C=O) groups excluding carboxylic acids is 5. The van der Waals surface area contributed by atoms with Crippen LogP contribution in [0, 0.1) is 29.6 Å². The number of ketones is 3. The molecule has 43 heavy (non-hydrogen) atoms. The molecule has 11 heteroatoms. The van der Waals surface area contributed by atoms with Crippen molar-refractivity contribution in [2.24, 2.45) is 29.6 Å². The zero-order chi connectivity index (χ0) is 33.0. The van der Waals surface area contributed by atoms with Crippen molar-refractivity contribution in [3.8, 4) is 0 Å². The number of esters is 2. The molecule has 0 aromatic rings. The first-order chi connectivity index (χ1) is 19.8. The molecule has 2 heterocycles. The molecule has 0 bridgehead atoms. The highest BCUT2D eigenvalue weighted by Gasteiger charge is 2.49. The van der Waals surface area contributed by atoms with Gasteiger partial charge in [0.15, 0.2) is 29.6 Å². The molecule has 0 radical (unpaired) electrons. The maximum Gasteiger partial charge on any atom is 0.316 e. The Morgan fingerprint density at radius 2 is 1.58 bits per heavy atom. The lowest BCUT2D eigenvalue weighted by Gasteiger charge is -2.45. The zero-order valence-corrected chi connectivity index (χ0v) is 27.7. The average Bonchev–Trinajstić information content (AvgIpc) is 2.93. The molecule has 2 saturated heterocycles. The number of Topliss-reactive ketones (excluding diaryl/α,β-unsaturated/α-hetero) is 3. The molecule has 2 rings (SSSR count). The van der Waals surface area contributed by atoms with Gasteiger partial charge in [-0.15, -0.1) is 0 Å². The maximum absolute atomic E-state index is 13.8. The van der Waals surface area contributed by atoms with Gasteiger partial charge in [0.1, 0.15) is 17.8 Å². The van der Waals surface area contributed by atoms with E-state index in [1.165, 1.54) is 27.7 Å². The fraction of sp³-hybridized carbons (Fsp3) is 0.844. The minimum absolute atomic E-state index is 0.169. The molecule has 11 nitrogen and oxygen atoms in total. The lowest BCUT2D eigenvalue weighted by Crippen LogP contribution is -2.57. The van der Waals surface area contributed by atoms with Crippen LogP contribution >= 0.6 is 0 Å². The molecule has 2 fully saturated rings. The number of carbonyl (C=O) groups is 5. The van der Waals surface area contributed by atoms with E-state index in [1.54, 1.807) is 13.8 Å². The van der Waals surface area contributed by atoms with Crippen molar-refractivity contribution in [1.82, 2.24) is 4.90 Å². The SMILES string of the molecule is CCC[C@H]1OC(=O)[C@H](C)C(=O)[C@H](C)[C@@H](O[C@H]2O[C@H](C)C[C@H](N(C)C)[C@H]2OC(C)=O)[C@@H](C)C[C@@H](C)C(=O)[C@H](C)C(=O)[C@]1(C)O. The van der Waals surface area contributed by atoms with Gasteiger partial charge in [-0.05, 0) is 67.0 Å². The van der Waals surface area contributed by atoms with Crippen LogP contribution in [0.3, 0.4) is 0 Å². The minimum atomic E-state index is -2.11. The van der Waals surface area contributed by atoms with E-state index in [2.05, 4.69) is 0 Å². The average molecular weight is 612 g/mol. The molecule has 2 aliphatic heterocycles. The van der Waals surface area contributed by atoms with E-state index in [1.807, 2.05) is 39.8 Å². The van der Waals surface area contributed by atoms with Gasteiger partial charge in [-0.3, -0.25) is 24.0 Å². The summed E-state index contributed by atoms with van der Waals surface area (Å²) in [5.41, 5.74) is -2.11. The lowest BCUT2D eigenvalue weighted by molar-refractivity contribution is -0.282. The third kappa shape index (κ3) is 8.71. The first-order valence-corrected chi connectivity index (χ1v) is 15.5. The maximum atomic E-state index is 13.8. The number of ether oxygens (including phenoxy) is 4. The van der Waals surface area contributed by atoms with Gasteiger partial charge in [0.2, 0.25) is 0 Å². The van der Waals surface area contributed by atoms with Crippen molar-refractivity contribution in [3.63, 3.8) is 0 Å². The summed E-state index contributed by atoms with van der Waals surface area (Å²) in [5, 5.41) is 11.2. The largest absolute Gasteiger partial charge is 0.458 e. The summed E-state index contributed by atoms with van der Waals surface area (Å²) in [6.45, 7) is 14.4. The highest BCUT2D eigenvalue weighted by atomic mass is 16.7. The Balaban J connectivity index is 2.56. The molecule has 0 spiro atoms. The van der Waals surface area contributed by atoms with Gasteiger partial charge in [-0.2, -0.15) is 0 Å². The second-order valence-electron chi connectivity index (χ2n) is 13.1. The van der Waals surface area contributed by atoms with Crippen molar-refractivity contribution in [3.05, 3.63) is 0 Å². The molecule has 0 aliphatic carbocycles. The second kappa shape index (κ2) is 15.2. The number of cyclic esters (lactones) is 1. The van der Waals surface area contributed by atoms with Crippen LogP contribution in [0.15, 0.2) is 0 Å². The van der Waals surface area contributed by atoms with Crippen molar-refractivity contribution in [2.45, 2.75) is 130 Å². The highest BCUT2D eigenvalue weighted by molar-refractivity contribution is 6.06. The summed E-state index contributed by atoms with van der Waals surface area (Å²) >= 11 is 0. The molecule has 0 aromatic carbocycles.